The van der Waals surface area contributed by atoms with Gasteiger partial charge in [0, 0.05) is 0 Å². The molecule has 4 rings (SSSR count). The first-order valence-corrected chi connectivity index (χ1v) is 18.5. The molecule has 0 bridgehead atoms. The molecule has 0 aromatic heterocycles. The number of hydrogen-bond acceptors (Lipinski definition) is 1. The Morgan fingerprint density at radius 1 is 0.966 bits per heavy atom. The molecular weight excluding hydrogens is 492 g/mol. The third-order valence-corrected chi connectivity index (χ3v) is 14.2. The van der Waals surface area contributed by atoms with Crippen LogP contribution in [-0.2, 0) is 28.8 Å². The molecule has 2 aliphatic rings. The van der Waals surface area contributed by atoms with Gasteiger partial charge in [-0.2, -0.15) is 0 Å². The van der Waals surface area contributed by atoms with Crippen LogP contribution in [0.4, 0.5) is 0 Å². The summed E-state index contributed by atoms with van der Waals surface area (Å²) >= 11 is -0.476. The summed E-state index contributed by atoms with van der Waals surface area (Å²) in [6.45, 7) is 6.25. The van der Waals surface area contributed by atoms with E-state index in [0.29, 0.717) is 0 Å². The molecule has 0 amide bonds. The summed E-state index contributed by atoms with van der Waals surface area (Å²) in [6, 6.07) is 13.9. The van der Waals surface area contributed by atoms with Crippen LogP contribution in [0.2, 0.25) is 13.1 Å². The zero-order valence-corrected chi connectivity index (χ0v) is 22.9. The van der Waals surface area contributed by atoms with Gasteiger partial charge in [0.05, 0.1) is 0 Å². The van der Waals surface area contributed by atoms with Crippen molar-refractivity contribution in [2.45, 2.75) is 32.4 Å². The standard InChI is InChI=1S/C22H22N.C2H7Si.2ClH.Zr/c1-23(2)12-11-16-7-8-17(13-16)18-9-10-22-20(14-18)15-19-5-3-4-6-21(19)22;1-3-2;;;/h3-7,9-10,13H,8,11-12,15H2,1-2H3;3H,1-2H3;2*1H;/q;;;;+2/p-2. The molecule has 0 radical (unpaired) electrons. The van der Waals surface area contributed by atoms with Crippen LogP contribution in [0.5, 0.6) is 0 Å². The van der Waals surface area contributed by atoms with Gasteiger partial charge in [0.2, 0.25) is 0 Å². The number of fused-ring (bicyclic) bond motifs is 3. The maximum absolute atomic E-state index is 2.56. The van der Waals surface area contributed by atoms with E-state index in [2.05, 4.69) is 80.6 Å². The molecule has 0 fully saturated rings. The van der Waals surface area contributed by atoms with E-state index in [1.165, 1.54) is 28.7 Å². The van der Waals surface area contributed by atoms with Gasteiger partial charge in [0.15, 0.2) is 0 Å². The van der Waals surface area contributed by atoms with Crippen LogP contribution in [0.25, 0.3) is 16.7 Å². The molecular formula is C24H29Cl2NSiZr. The molecule has 2 aromatic rings. The van der Waals surface area contributed by atoms with E-state index in [0.717, 1.165) is 19.4 Å². The Labute approximate surface area is 200 Å². The molecule has 5 heteroatoms. The van der Waals surface area contributed by atoms with Gasteiger partial charge in [-0.05, 0) is 0 Å². The normalized spacial score (nSPS) is 13.9. The predicted octanol–water partition coefficient (Wildman–Crippen LogP) is -1.38. The minimum Gasteiger partial charge on any atom is -1.00 e. The summed E-state index contributed by atoms with van der Waals surface area (Å²) in [5.74, 6) is -0.524. The topological polar surface area (TPSA) is 3.24 Å². The zero-order chi connectivity index (χ0) is 19.0. The van der Waals surface area contributed by atoms with E-state index < -0.39 is 28.3 Å². The Hall–Kier alpha value is -0.440. The summed E-state index contributed by atoms with van der Waals surface area (Å²) in [5, 5.41) is 0. The summed E-state index contributed by atoms with van der Waals surface area (Å²) < 4.78 is 1.82. The van der Waals surface area contributed by atoms with E-state index >= 15 is 0 Å². The van der Waals surface area contributed by atoms with Gasteiger partial charge in [-0.1, -0.05) is 0 Å². The van der Waals surface area contributed by atoms with Crippen LogP contribution in [0.15, 0.2) is 54.1 Å². The van der Waals surface area contributed by atoms with Gasteiger partial charge in [-0.25, -0.2) is 0 Å². The number of halogens is 2. The molecule has 1 nitrogen and oxygen atoms in total. The van der Waals surface area contributed by atoms with Gasteiger partial charge in [0.1, 0.15) is 0 Å². The zero-order valence-electron chi connectivity index (χ0n) is 17.7. The van der Waals surface area contributed by atoms with Crippen molar-refractivity contribution in [1.82, 2.24) is 4.90 Å². The van der Waals surface area contributed by atoms with Crippen LogP contribution >= 0.6 is 0 Å². The molecule has 0 unspecified atom stereocenters. The fourth-order valence-electron chi connectivity index (χ4n) is 4.23. The first-order valence-electron chi connectivity index (χ1n) is 10.1. The van der Waals surface area contributed by atoms with Crippen LogP contribution in [-0.4, -0.2) is 31.5 Å². The molecule has 0 saturated carbocycles. The van der Waals surface area contributed by atoms with Crippen molar-refractivity contribution in [1.29, 1.82) is 0 Å². The summed E-state index contributed by atoms with van der Waals surface area (Å²) in [4.78, 5) is 2.28. The van der Waals surface area contributed by atoms with Crippen molar-refractivity contribution < 1.29 is 47.2 Å². The van der Waals surface area contributed by atoms with E-state index in [9.17, 15) is 0 Å². The quantitative estimate of drug-likeness (QED) is 0.362. The van der Waals surface area contributed by atoms with Crippen molar-refractivity contribution in [3.05, 3.63) is 70.8 Å². The molecule has 0 spiro atoms. The van der Waals surface area contributed by atoms with E-state index in [4.69, 9.17) is 0 Å². The first kappa shape index (κ1) is 24.8. The van der Waals surface area contributed by atoms with E-state index in [-0.39, 0.29) is 24.8 Å². The average Bonchev–Trinajstić information content (AvgIpc) is 3.24. The third kappa shape index (κ3) is 5.43. The molecule has 0 heterocycles. The van der Waals surface area contributed by atoms with E-state index in [1.807, 2.05) is 3.27 Å². The Morgan fingerprint density at radius 2 is 1.69 bits per heavy atom. The van der Waals surface area contributed by atoms with Gasteiger partial charge >= 0.3 is 177 Å². The summed E-state index contributed by atoms with van der Waals surface area (Å²) in [5.41, 5.74) is 10.9. The van der Waals surface area contributed by atoms with Crippen molar-refractivity contribution in [3.8, 4) is 11.1 Å². The Kier molecular flexibility index (Phi) is 9.19. The van der Waals surface area contributed by atoms with E-state index in [1.54, 1.807) is 16.7 Å². The van der Waals surface area contributed by atoms with Crippen molar-refractivity contribution in [2.75, 3.05) is 20.6 Å². The fourth-order valence-corrected chi connectivity index (χ4v) is 13.0. The first-order chi connectivity index (χ1) is 13.0. The molecule has 0 aliphatic heterocycles. The van der Waals surface area contributed by atoms with Crippen molar-refractivity contribution in [3.63, 3.8) is 0 Å². The fraction of sp³-hybridized carbons (Fsp3) is 0.333. The third-order valence-electron chi connectivity index (χ3n) is 5.56. The second-order valence-electron chi connectivity index (χ2n) is 8.35. The molecule has 2 aliphatic carbocycles. The van der Waals surface area contributed by atoms with Crippen LogP contribution in [0.1, 0.15) is 29.5 Å². The molecule has 2 aromatic carbocycles. The molecule has 0 atom stereocenters. The largest absolute Gasteiger partial charge is 1.00 e. The Morgan fingerprint density at radius 3 is 2.41 bits per heavy atom. The van der Waals surface area contributed by atoms with Gasteiger partial charge in [0.25, 0.3) is 0 Å². The second kappa shape index (κ2) is 10.7. The van der Waals surface area contributed by atoms with Gasteiger partial charge in [-0.15, -0.1) is 0 Å². The molecule has 29 heavy (non-hydrogen) atoms. The molecule has 0 saturated heterocycles. The number of allylic oxidation sites excluding steroid dienone is 3. The maximum Gasteiger partial charge on any atom is -1.00 e. The van der Waals surface area contributed by atoms with Gasteiger partial charge < -0.3 is 24.8 Å². The predicted molar refractivity (Wildman–Crippen MR) is 117 cm³/mol. The van der Waals surface area contributed by atoms with Crippen molar-refractivity contribution in [2.24, 2.45) is 0 Å². The molecule has 152 valence electrons. The minimum absolute atomic E-state index is 0. The Bertz CT molecular complexity index is 934. The van der Waals surface area contributed by atoms with Crippen molar-refractivity contribution >= 4 is 14.8 Å². The number of benzene rings is 2. The number of nitrogens with zero attached hydrogens (tertiary/aromatic N) is 1. The monoisotopic (exact) mass is 519 g/mol. The van der Waals surface area contributed by atoms with Crippen LogP contribution in [0.3, 0.4) is 0 Å². The SMILES string of the molecule is CN(C)CCC1=CCC(c2ccc3c([c]2[Zr+2][SiH](C)C)Cc2ccccc2-3)=C1.[Cl-].[Cl-]. The average molecular weight is 522 g/mol. The smallest absolute Gasteiger partial charge is 1.00 e. The van der Waals surface area contributed by atoms with Gasteiger partial charge in [-0.3, -0.25) is 0 Å². The summed E-state index contributed by atoms with van der Waals surface area (Å²) in [6.07, 6.45) is 8.41. The maximum atomic E-state index is 2.56. The van der Waals surface area contributed by atoms with Crippen LogP contribution in [0, 0.1) is 0 Å². The van der Waals surface area contributed by atoms with Crippen LogP contribution < -0.4 is 28.1 Å². The minimum atomic E-state index is -0.524. The number of rotatable bonds is 6. The Balaban J connectivity index is 0.00000150. The second-order valence-corrected chi connectivity index (χ2v) is 22.8. The number of hydrogen-bond donors (Lipinski definition) is 0. The summed E-state index contributed by atoms with van der Waals surface area (Å²) in [7, 11) is 4.33. The molecule has 0 N–H and O–H groups in total.